The summed E-state index contributed by atoms with van der Waals surface area (Å²) in [5.41, 5.74) is 2.41. The zero-order valence-corrected chi connectivity index (χ0v) is 17.8. The van der Waals surface area contributed by atoms with Gasteiger partial charge in [0.25, 0.3) is 0 Å². The number of rotatable bonds is 5. The second-order valence-electron chi connectivity index (χ2n) is 6.13. The molecule has 0 aliphatic carbocycles. The van der Waals surface area contributed by atoms with Gasteiger partial charge in [-0.2, -0.15) is 0 Å². The standard InChI is InChI=1S/C24H15N3SSe/c25-16-18(17-26)15-21-11-12-22(28-21)23-13-14-24(29-23)27(19-7-3-1-4-8-19)20-9-5-2-6-10-20/h1-15H. The van der Waals surface area contributed by atoms with Crippen molar-refractivity contribution < 1.29 is 0 Å². The van der Waals surface area contributed by atoms with Gasteiger partial charge in [0.05, 0.1) is 0 Å². The van der Waals surface area contributed by atoms with Gasteiger partial charge in [0.1, 0.15) is 0 Å². The molecular formula is C24H15N3SSe. The maximum absolute atomic E-state index is 8.96. The van der Waals surface area contributed by atoms with Gasteiger partial charge in [-0.1, -0.05) is 0 Å². The number of hydrogen-bond donors (Lipinski definition) is 0. The fourth-order valence-corrected chi connectivity index (χ4v) is 6.31. The van der Waals surface area contributed by atoms with E-state index in [2.05, 4.69) is 71.6 Å². The van der Waals surface area contributed by atoms with Crippen molar-refractivity contribution in [2.75, 3.05) is 4.90 Å². The quantitative estimate of drug-likeness (QED) is 0.259. The SMILES string of the molecule is N#CC(C#N)=Cc1ccc(-c2ccc(N(c3ccccc3)c3ccccc3)[se]2)s1. The molecule has 0 aliphatic rings. The van der Waals surface area contributed by atoms with Crippen LogP contribution in [0.3, 0.4) is 0 Å². The van der Waals surface area contributed by atoms with Crippen LogP contribution in [0.1, 0.15) is 4.88 Å². The molecule has 0 amide bonds. The molecule has 138 valence electrons. The summed E-state index contributed by atoms with van der Waals surface area (Å²) in [4.78, 5) is 4.41. The molecule has 0 N–H and O–H groups in total. The van der Waals surface area contributed by atoms with Crippen LogP contribution in [-0.4, -0.2) is 14.5 Å². The van der Waals surface area contributed by atoms with Crippen LogP contribution in [0.4, 0.5) is 15.9 Å². The van der Waals surface area contributed by atoms with E-state index in [1.54, 1.807) is 17.4 Å². The fraction of sp³-hybridized carbons (Fsp3) is 0. The molecule has 0 saturated carbocycles. The Labute approximate surface area is 179 Å². The van der Waals surface area contributed by atoms with E-state index < -0.39 is 0 Å². The van der Waals surface area contributed by atoms with E-state index in [-0.39, 0.29) is 20.1 Å². The molecule has 0 bridgehead atoms. The molecule has 2 aromatic heterocycles. The average Bonchev–Trinajstić information content (AvgIpc) is 3.43. The van der Waals surface area contributed by atoms with Gasteiger partial charge >= 0.3 is 180 Å². The van der Waals surface area contributed by atoms with E-state index in [1.807, 2.05) is 30.3 Å². The predicted octanol–water partition coefficient (Wildman–Crippen LogP) is 6.37. The molecule has 3 nitrogen and oxygen atoms in total. The minimum atomic E-state index is 0.127. The van der Waals surface area contributed by atoms with E-state index in [4.69, 9.17) is 10.5 Å². The van der Waals surface area contributed by atoms with Crippen molar-refractivity contribution in [3.05, 3.63) is 95.4 Å². The van der Waals surface area contributed by atoms with Crippen molar-refractivity contribution in [3.63, 3.8) is 0 Å². The normalized spacial score (nSPS) is 10.0. The zero-order valence-electron chi connectivity index (χ0n) is 15.3. The van der Waals surface area contributed by atoms with Crippen LogP contribution >= 0.6 is 11.3 Å². The summed E-state index contributed by atoms with van der Waals surface area (Å²) in [6, 6.07) is 33.0. The molecule has 4 rings (SSSR count). The summed E-state index contributed by atoms with van der Waals surface area (Å²) in [7, 11) is 0. The number of benzene rings is 2. The zero-order chi connectivity index (χ0) is 20.1. The number of allylic oxidation sites excluding steroid dienone is 1. The summed E-state index contributed by atoms with van der Waals surface area (Å²) in [6.45, 7) is 0. The Morgan fingerprint density at radius 1 is 0.793 bits per heavy atom. The number of anilines is 3. The molecule has 0 radical (unpaired) electrons. The van der Waals surface area contributed by atoms with Crippen molar-refractivity contribution in [2.24, 2.45) is 0 Å². The Morgan fingerprint density at radius 2 is 1.41 bits per heavy atom. The first-order valence-corrected chi connectivity index (χ1v) is 11.4. The van der Waals surface area contributed by atoms with Gasteiger partial charge in [0.2, 0.25) is 0 Å². The number of nitrogens with zero attached hydrogens (tertiary/aromatic N) is 3. The molecule has 0 saturated heterocycles. The molecule has 29 heavy (non-hydrogen) atoms. The summed E-state index contributed by atoms with van der Waals surface area (Å²) in [6.07, 6.45) is 1.64. The van der Waals surface area contributed by atoms with E-state index in [9.17, 15) is 0 Å². The summed E-state index contributed by atoms with van der Waals surface area (Å²) >= 11 is 1.76. The monoisotopic (exact) mass is 457 g/mol. The second kappa shape index (κ2) is 8.78. The Bertz CT molecular complexity index is 1170. The number of thiophene rings is 1. The van der Waals surface area contributed by atoms with E-state index in [1.165, 1.54) is 13.9 Å². The first-order valence-electron chi connectivity index (χ1n) is 8.90. The summed E-state index contributed by atoms with van der Waals surface area (Å²) in [5, 5.41) is 17.9. The van der Waals surface area contributed by atoms with Crippen LogP contribution in [-0.2, 0) is 0 Å². The Morgan fingerprint density at radius 3 is 2.00 bits per heavy atom. The van der Waals surface area contributed by atoms with Crippen LogP contribution in [0.2, 0.25) is 0 Å². The van der Waals surface area contributed by atoms with Crippen molar-refractivity contribution in [2.45, 2.75) is 0 Å². The average molecular weight is 456 g/mol. The van der Waals surface area contributed by atoms with Crippen molar-refractivity contribution >= 4 is 47.9 Å². The third-order valence-electron chi connectivity index (χ3n) is 4.24. The number of nitriles is 2. The van der Waals surface area contributed by atoms with Crippen LogP contribution in [0, 0.1) is 22.7 Å². The second-order valence-corrected chi connectivity index (χ2v) is 9.47. The van der Waals surface area contributed by atoms with Crippen LogP contribution in [0.5, 0.6) is 0 Å². The van der Waals surface area contributed by atoms with Gasteiger partial charge in [0, 0.05) is 0 Å². The molecule has 2 heterocycles. The molecule has 0 unspecified atom stereocenters. The molecule has 0 spiro atoms. The number of para-hydroxylation sites is 2. The summed E-state index contributed by atoms with van der Waals surface area (Å²) < 4.78 is 2.56. The predicted molar refractivity (Wildman–Crippen MR) is 121 cm³/mol. The Hall–Kier alpha value is -3.34. The van der Waals surface area contributed by atoms with Crippen LogP contribution in [0.15, 0.2) is 90.5 Å². The fourth-order valence-electron chi connectivity index (χ4n) is 2.93. The Balaban J connectivity index is 1.70. The maximum atomic E-state index is 8.96. The van der Waals surface area contributed by atoms with Gasteiger partial charge in [-0.3, -0.25) is 0 Å². The van der Waals surface area contributed by atoms with Crippen molar-refractivity contribution in [1.82, 2.24) is 0 Å². The third-order valence-corrected chi connectivity index (χ3v) is 7.91. The number of hydrogen-bond acceptors (Lipinski definition) is 4. The van der Waals surface area contributed by atoms with Crippen LogP contribution < -0.4 is 4.90 Å². The van der Waals surface area contributed by atoms with Gasteiger partial charge in [-0.25, -0.2) is 0 Å². The molecule has 0 fully saturated rings. The van der Waals surface area contributed by atoms with Gasteiger partial charge in [-0.15, -0.1) is 0 Å². The van der Waals surface area contributed by atoms with Gasteiger partial charge < -0.3 is 0 Å². The molecule has 0 aliphatic heterocycles. The first-order chi connectivity index (χ1) is 14.3. The molecule has 2 aromatic carbocycles. The molecule has 5 heteroatoms. The topological polar surface area (TPSA) is 50.8 Å². The van der Waals surface area contributed by atoms with Gasteiger partial charge in [0.15, 0.2) is 0 Å². The van der Waals surface area contributed by atoms with Gasteiger partial charge in [-0.05, 0) is 0 Å². The van der Waals surface area contributed by atoms with E-state index in [0.717, 1.165) is 16.3 Å². The van der Waals surface area contributed by atoms with E-state index >= 15 is 0 Å². The first kappa shape index (κ1) is 19.0. The van der Waals surface area contributed by atoms with Crippen LogP contribution in [0.25, 0.3) is 15.4 Å². The molecule has 0 atom stereocenters. The van der Waals surface area contributed by atoms with Crippen molar-refractivity contribution in [1.29, 1.82) is 10.5 Å². The third kappa shape index (κ3) is 4.24. The molecular weight excluding hydrogens is 441 g/mol. The molecule has 4 aromatic rings. The summed E-state index contributed by atoms with van der Waals surface area (Å²) in [5.74, 6) is 0. The minimum absolute atomic E-state index is 0.127. The van der Waals surface area contributed by atoms with E-state index in [0.29, 0.717) is 0 Å². The Kier molecular flexibility index (Phi) is 5.75. The van der Waals surface area contributed by atoms with Crippen molar-refractivity contribution in [3.8, 4) is 21.5 Å².